The molecule has 0 aliphatic rings. The Kier molecular flexibility index (Phi) is 3.74. The van der Waals surface area contributed by atoms with Gasteiger partial charge in [-0.2, -0.15) is 0 Å². The molecule has 0 aliphatic heterocycles. The van der Waals surface area contributed by atoms with Gasteiger partial charge in [-0.25, -0.2) is 0 Å². The summed E-state index contributed by atoms with van der Waals surface area (Å²) in [5, 5.41) is 3.36. The van der Waals surface area contributed by atoms with E-state index in [0.717, 1.165) is 21.7 Å². The number of rotatable bonds is 4. The number of furan rings is 1. The van der Waals surface area contributed by atoms with Crippen LogP contribution in [0.15, 0.2) is 45.5 Å². The summed E-state index contributed by atoms with van der Waals surface area (Å²) < 4.78 is 11.5. The van der Waals surface area contributed by atoms with E-state index in [2.05, 4.69) is 21.2 Å². The van der Waals surface area contributed by atoms with Crippen LogP contribution in [0.1, 0.15) is 18.7 Å². The number of benzene rings is 1. The number of hydrogen-bond acceptors (Lipinski definition) is 3. The maximum atomic E-state index is 5.35. The SMILES string of the molecule is COc1cc(Br)cc(NC(C)c2ccco2)c1. The molecule has 3 nitrogen and oxygen atoms in total. The first-order chi connectivity index (χ1) is 8.19. The molecule has 0 amide bonds. The van der Waals surface area contributed by atoms with E-state index in [0.29, 0.717) is 0 Å². The van der Waals surface area contributed by atoms with Crippen molar-refractivity contribution in [3.8, 4) is 5.75 Å². The Morgan fingerprint density at radius 2 is 2.18 bits per heavy atom. The number of halogens is 1. The summed E-state index contributed by atoms with van der Waals surface area (Å²) in [6, 6.07) is 9.82. The molecule has 17 heavy (non-hydrogen) atoms. The summed E-state index contributed by atoms with van der Waals surface area (Å²) in [6.45, 7) is 2.05. The minimum absolute atomic E-state index is 0.115. The molecule has 1 atom stereocenters. The molecule has 0 aliphatic carbocycles. The standard InChI is InChI=1S/C13H14BrNO2/c1-9(13-4-3-5-17-13)15-11-6-10(14)7-12(8-11)16-2/h3-9,15H,1-2H3. The molecule has 2 rings (SSSR count). The van der Waals surface area contributed by atoms with Gasteiger partial charge in [0.25, 0.3) is 0 Å². The normalized spacial score (nSPS) is 12.2. The number of hydrogen-bond donors (Lipinski definition) is 1. The van der Waals surface area contributed by atoms with Crippen LogP contribution in [0.3, 0.4) is 0 Å². The van der Waals surface area contributed by atoms with Gasteiger partial charge in [0, 0.05) is 16.2 Å². The predicted molar refractivity (Wildman–Crippen MR) is 71.4 cm³/mol. The number of methoxy groups -OCH3 is 1. The van der Waals surface area contributed by atoms with Crippen molar-refractivity contribution in [1.29, 1.82) is 0 Å². The molecule has 4 heteroatoms. The van der Waals surface area contributed by atoms with Crippen LogP contribution in [0.2, 0.25) is 0 Å². The van der Waals surface area contributed by atoms with Crippen LogP contribution in [0.4, 0.5) is 5.69 Å². The smallest absolute Gasteiger partial charge is 0.125 e. The fourth-order valence-corrected chi connectivity index (χ4v) is 2.09. The number of anilines is 1. The van der Waals surface area contributed by atoms with Gasteiger partial charge in [-0.05, 0) is 31.2 Å². The lowest BCUT2D eigenvalue weighted by Gasteiger charge is -2.14. The van der Waals surface area contributed by atoms with Gasteiger partial charge in [-0.1, -0.05) is 15.9 Å². The van der Waals surface area contributed by atoms with Gasteiger partial charge < -0.3 is 14.5 Å². The summed E-state index contributed by atoms with van der Waals surface area (Å²) in [4.78, 5) is 0. The second-order valence-corrected chi connectivity index (χ2v) is 4.68. The van der Waals surface area contributed by atoms with Crippen LogP contribution in [-0.2, 0) is 0 Å². The summed E-state index contributed by atoms with van der Waals surface area (Å²) in [7, 11) is 1.65. The van der Waals surface area contributed by atoms with E-state index in [1.165, 1.54) is 0 Å². The third-order valence-electron chi connectivity index (χ3n) is 2.46. The summed E-state index contributed by atoms with van der Waals surface area (Å²) in [5.74, 6) is 1.72. The highest BCUT2D eigenvalue weighted by Gasteiger charge is 2.08. The minimum atomic E-state index is 0.115. The molecular formula is C13H14BrNO2. The highest BCUT2D eigenvalue weighted by Crippen LogP contribution is 2.27. The van der Waals surface area contributed by atoms with Gasteiger partial charge in [0.2, 0.25) is 0 Å². The van der Waals surface area contributed by atoms with E-state index in [4.69, 9.17) is 9.15 Å². The van der Waals surface area contributed by atoms with Crippen molar-refractivity contribution in [2.24, 2.45) is 0 Å². The lowest BCUT2D eigenvalue weighted by molar-refractivity contribution is 0.414. The molecule has 0 fully saturated rings. The lowest BCUT2D eigenvalue weighted by atomic mass is 10.2. The largest absolute Gasteiger partial charge is 0.497 e. The molecule has 0 bridgehead atoms. The van der Waals surface area contributed by atoms with E-state index >= 15 is 0 Å². The summed E-state index contributed by atoms with van der Waals surface area (Å²) in [6.07, 6.45) is 1.68. The molecule has 1 N–H and O–H groups in total. The van der Waals surface area contributed by atoms with E-state index < -0.39 is 0 Å². The van der Waals surface area contributed by atoms with E-state index in [1.807, 2.05) is 37.3 Å². The Hall–Kier alpha value is -1.42. The zero-order valence-corrected chi connectivity index (χ0v) is 11.3. The monoisotopic (exact) mass is 295 g/mol. The van der Waals surface area contributed by atoms with Crippen molar-refractivity contribution in [3.05, 3.63) is 46.8 Å². The highest BCUT2D eigenvalue weighted by molar-refractivity contribution is 9.10. The van der Waals surface area contributed by atoms with Crippen LogP contribution in [0.5, 0.6) is 5.75 Å². The first-order valence-corrected chi connectivity index (χ1v) is 6.13. The van der Waals surface area contributed by atoms with Crippen LogP contribution >= 0.6 is 15.9 Å². The maximum absolute atomic E-state index is 5.35. The average Bonchev–Trinajstić information content (AvgIpc) is 2.81. The second kappa shape index (κ2) is 5.27. The Bertz CT molecular complexity index is 482. The zero-order chi connectivity index (χ0) is 12.3. The van der Waals surface area contributed by atoms with Crippen molar-refractivity contribution < 1.29 is 9.15 Å². The molecule has 90 valence electrons. The van der Waals surface area contributed by atoms with E-state index in [9.17, 15) is 0 Å². The van der Waals surface area contributed by atoms with Gasteiger partial charge >= 0.3 is 0 Å². The topological polar surface area (TPSA) is 34.4 Å². The van der Waals surface area contributed by atoms with Crippen LogP contribution in [-0.4, -0.2) is 7.11 Å². The second-order valence-electron chi connectivity index (χ2n) is 3.76. The van der Waals surface area contributed by atoms with Gasteiger partial charge in [0.1, 0.15) is 11.5 Å². The predicted octanol–water partition coefficient (Wildman–Crippen LogP) is 4.22. The molecule has 0 saturated carbocycles. The lowest BCUT2D eigenvalue weighted by Crippen LogP contribution is -2.05. The van der Waals surface area contributed by atoms with Crippen molar-refractivity contribution >= 4 is 21.6 Å². The van der Waals surface area contributed by atoms with Crippen molar-refractivity contribution in [2.45, 2.75) is 13.0 Å². The minimum Gasteiger partial charge on any atom is -0.497 e. The van der Waals surface area contributed by atoms with E-state index in [-0.39, 0.29) is 6.04 Å². The molecule has 1 aromatic heterocycles. The molecule has 1 unspecified atom stereocenters. The van der Waals surface area contributed by atoms with Crippen LogP contribution < -0.4 is 10.1 Å². The number of nitrogens with one attached hydrogen (secondary N) is 1. The zero-order valence-electron chi connectivity index (χ0n) is 9.74. The van der Waals surface area contributed by atoms with Crippen LogP contribution in [0, 0.1) is 0 Å². The van der Waals surface area contributed by atoms with Gasteiger partial charge in [0.15, 0.2) is 0 Å². The fourth-order valence-electron chi connectivity index (χ4n) is 1.62. The molecule has 0 saturated heterocycles. The van der Waals surface area contributed by atoms with Gasteiger partial charge in [-0.15, -0.1) is 0 Å². The van der Waals surface area contributed by atoms with E-state index in [1.54, 1.807) is 13.4 Å². The van der Waals surface area contributed by atoms with Crippen molar-refractivity contribution in [3.63, 3.8) is 0 Å². The van der Waals surface area contributed by atoms with Crippen molar-refractivity contribution in [1.82, 2.24) is 0 Å². The number of ether oxygens (including phenoxy) is 1. The molecule has 0 spiro atoms. The first-order valence-electron chi connectivity index (χ1n) is 5.33. The Balaban J connectivity index is 2.15. The Morgan fingerprint density at radius 3 is 2.82 bits per heavy atom. The third-order valence-corrected chi connectivity index (χ3v) is 2.92. The quantitative estimate of drug-likeness (QED) is 0.917. The molecule has 1 aromatic carbocycles. The van der Waals surface area contributed by atoms with Crippen LogP contribution in [0.25, 0.3) is 0 Å². The molecular weight excluding hydrogens is 282 g/mol. The summed E-state index contributed by atoms with van der Waals surface area (Å²) in [5.41, 5.74) is 0.986. The highest BCUT2D eigenvalue weighted by atomic mass is 79.9. The maximum Gasteiger partial charge on any atom is 0.125 e. The Morgan fingerprint density at radius 1 is 1.35 bits per heavy atom. The third kappa shape index (κ3) is 3.03. The van der Waals surface area contributed by atoms with Gasteiger partial charge in [-0.3, -0.25) is 0 Å². The molecule has 1 heterocycles. The first kappa shape index (κ1) is 12.0. The van der Waals surface area contributed by atoms with Gasteiger partial charge in [0.05, 0.1) is 19.4 Å². The Labute approximate surface area is 109 Å². The van der Waals surface area contributed by atoms with Crippen molar-refractivity contribution in [2.75, 3.05) is 12.4 Å². The average molecular weight is 296 g/mol. The molecule has 0 radical (unpaired) electrons. The molecule has 2 aromatic rings. The fraction of sp³-hybridized carbons (Fsp3) is 0.231. The summed E-state index contributed by atoms with van der Waals surface area (Å²) >= 11 is 3.45.